The van der Waals surface area contributed by atoms with Crippen molar-refractivity contribution in [2.75, 3.05) is 31.1 Å². The van der Waals surface area contributed by atoms with E-state index in [2.05, 4.69) is 15.3 Å². The Morgan fingerprint density at radius 3 is 2.71 bits per heavy atom. The molecule has 3 heterocycles. The van der Waals surface area contributed by atoms with Crippen LogP contribution in [0.1, 0.15) is 28.9 Å². The SMILES string of the molecule is CC(=O)NC[C@H]1CN(c2ccc([C@H]3[C@@H]4CN(C(=O)c5c[nH]cn5)C[C@@H]43)c(F)c2)C(=O)O1. The quantitative estimate of drug-likeness (QED) is 0.752. The molecule has 0 bridgehead atoms. The minimum atomic E-state index is -0.557. The number of cyclic esters (lactones) is 1. The largest absolute Gasteiger partial charge is 0.442 e. The number of piperidine rings is 1. The van der Waals surface area contributed by atoms with E-state index in [4.69, 9.17) is 4.74 Å². The first-order valence-corrected chi connectivity index (χ1v) is 10.2. The molecule has 0 unspecified atom stereocenters. The molecule has 2 aliphatic heterocycles. The van der Waals surface area contributed by atoms with Gasteiger partial charge in [-0.15, -0.1) is 0 Å². The summed E-state index contributed by atoms with van der Waals surface area (Å²) < 4.78 is 20.2. The summed E-state index contributed by atoms with van der Waals surface area (Å²) in [5.41, 5.74) is 1.44. The number of benzene rings is 1. The number of imidazole rings is 1. The zero-order chi connectivity index (χ0) is 21.7. The fourth-order valence-corrected chi connectivity index (χ4v) is 4.74. The van der Waals surface area contributed by atoms with E-state index in [0.717, 1.165) is 0 Å². The Balaban J connectivity index is 1.22. The predicted octanol–water partition coefficient (Wildman–Crippen LogP) is 1.50. The number of aromatic amines is 1. The Morgan fingerprint density at radius 2 is 2.06 bits per heavy atom. The van der Waals surface area contributed by atoms with Gasteiger partial charge in [0.2, 0.25) is 5.91 Å². The monoisotopic (exact) mass is 427 g/mol. The van der Waals surface area contributed by atoms with Gasteiger partial charge < -0.3 is 19.9 Å². The number of rotatable bonds is 5. The van der Waals surface area contributed by atoms with E-state index in [9.17, 15) is 18.8 Å². The summed E-state index contributed by atoms with van der Waals surface area (Å²) in [6, 6.07) is 4.81. The molecule has 2 aromatic rings. The van der Waals surface area contributed by atoms with Crippen molar-refractivity contribution in [1.29, 1.82) is 0 Å². The summed E-state index contributed by atoms with van der Waals surface area (Å²) >= 11 is 0. The number of hydrogen-bond donors (Lipinski definition) is 2. The van der Waals surface area contributed by atoms with Gasteiger partial charge in [0.15, 0.2) is 0 Å². The van der Waals surface area contributed by atoms with Crippen LogP contribution in [0.5, 0.6) is 0 Å². The highest BCUT2D eigenvalue weighted by atomic mass is 19.1. The number of fused-ring (bicyclic) bond motifs is 1. The number of carbonyl (C=O) groups is 3. The summed E-state index contributed by atoms with van der Waals surface area (Å²) in [7, 11) is 0. The van der Waals surface area contributed by atoms with E-state index in [-0.39, 0.29) is 48.5 Å². The molecular weight excluding hydrogens is 405 g/mol. The van der Waals surface area contributed by atoms with Crippen LogP contribution in [0.3, 0.4) is 0 Å². The van der Waals surface area contributed by atoms with Crippen LogP contribution < -0.4 is 10.2 Å². The minimum absolute atomic E-state index is 0.0790. The number of anilines is 1. The van der Waals surface area contributed by atoms with Crippen LogP contribution in [0.25, 0.3) is 0 Å². The number of amides is 3. The molecule has 5 rings (SSSR count). The van der Waals surface area contributed by atoms with Crippen LogP contribution in [0.15, 0.2) is 30.7 Å². The van der Waals surface area contributed by atoms with Gasteiger partial charge in [0.05, 0.1) is 25.1 Å². The molecule has 1 aromatic heterocycles. The third-order valence-electron chi connectivity index (χ3n) is 6.31. The maximum atomic E-state index is 14.9. The summed E-state index contributed by atoms with van der Waals surface area (Å²) in [6.07, 6.45) is 2.02. The van der Waals surface area contributed by atoms with Crippen molar-refractivity contribution < 1.29 is 23.5 Å². The first-order valence-electron chi connectivity index (χ1n) is 10.2. The van der Waals surface area contributed by atoms with Crippen molar-refractivity contribution in [3.63, 3.8) is 0 Å². The smallest absolute Gasteiger partial charge is 0.414 e. The Labute approximate surface area is 177 Å². The van der Waals surface area contributed by atoms with E-state index in [1.54, 1.807) is 23.2 Å². The number of hydrogen-bond acceptors (Lipinski definition) is 5. The molecular formula is C21H22FN5O4. The molecule has 3 aliphatic rings. The van der Waals surface area contributed by atoms with E-state index >= 15 is 0 Å². The zero-order valence-electron chi connectivity index (χ0n) is 16.9. The molecule has 31 heavy (non-hydrogen) atoms. The second-order valence-corrected chi connectivity index (χ2v) is 8.28. The molecule has 2 N–H and O–H groups in total. The highest BCUT2D eigenvalue weighted by Crippen LogP contribution is 2.58. The second kappa shape index (κ2) is 7.36. The van der Waals surface area contributed by atoms with Gasteiger partial charge in [0.1, 0.15) is 17.6 Å². The predicted molar refractivity (Wildman–Crippen MR) is 107 cm³/mol. The van der Waals surface area contributed by atoms with Crippen LogP contribution in [0.2, 0.25) is 0 Å². The number of nitrogens with one attached hydrogen (secondary N) is 2. The molecule has 162 valence electrons. The van der Waals surface area contributed by atoms with Gasteiger partial charge in [-0.3, -0.25) is 14.5 Å². The molecule has 0 spiro atoms. The van der Waals surface area contributed by atoms with E-state index in [1.807, 2.05) is 0 Å². The first-order chi connectivity index (χ1) is 14.9. The number of H-pyrrole nitrogens is 1. The number of likely N-dealkylation sites (tertiary alicyclic amines) is 1. The molecule has 1 aliphatic carbocycles. The average Bonchev–Trinajstić information content (AvgIpc) is 3.21. The van der Waals surface area contributed by atoms with Crippen molar-refractivity contribution in [1.82, 2.24) is 20.2 Å². The lowest BCUT2D eigenvalue weighted by molar-refractivity contribution is -0.119. The van der Waals surface area contributed by atoms with Gasteiger partial charge in [-0.1, -0.05) is 6.07 Å². The average molecular weight is 427 g/mol. The molecule has 0 radical (unpaired) electrons. The number of ether oxygens (including phenoxy) is 1. The fourth-order valence-electron chi connectivity index (χ4n) is 4.74. The highest BCUT2D eigenvalue weighted by Gasteiger charge is 2.58. The number of nitrogens with zero attached hydrogens (tertiary/aromatic N) is 3. The van der Waals surface area contributed by atoms with Crippen LogP contribution in [0, 0.1) is 17.7 Å². The molecule has 2 saturated heterocycles. The lowest BCUT2D eigenvalue weighted by Gasteiger charge is -2.19. The molecule has 3 amide bonds. The zero-order valence-corrected chi connectivity index (χ0v) is 16.9. The maximum absolute atomic E-state index is 14.9. The van der Waals surface area contributed by atoms with Crippen LogP contribution >= 0.6 is 0 Å². The first kappa shape index (κ1) is 19.5. The highest BCUT2D eigenvalue weighted by molar-refractivity contribution is 5.92. The summed E-state index contributed by atoms with van der Waals surface area (Å²) in [5.74, 6) is -0.117. The third-order valence-corrected chi connectivity index (χ3v) is 6.31. The van der Waals surface area contributed by atoms with Gasteiger partial charge in [-0.05, 0) is 35.4 Å². The van der Waals surface area contributed by atoms with Crippen LogP contribution in [0.4, 0.5) is 14.9 Å². The van der Waals surface area contributed by atoms with Gasteiger partial charge in [0.25, 0.3) is 5.91 Å². The summed E-state index contributed by atoms with van der Waals surface area (Å²) in [6.45, 7) is 3.03. The Morgan fingerprint density at radius 1 is 1.29 bits per heavy atom. The van der Waals surface area contributed by atoms with E-state index in [0.29, 0.717) is 30.0 Å². The maximum Gasteiger partial charge on any atom is 0.414 e. The van der Waals surface area contributed by atoms with Crippen molar-refractivity contribution in [2.45, 2.75) is 18.9 Å². The third kappa shape index (κ3) is 3.51. The summed E-state index contributed by atoms with van der Waals surface area (Å²) in [4.78, 5) is 45.5. The molecule has 3 fully saturated rings. The van der Waals surface area contributed by atoms with Gasteiger partial charge >= 0.3 is 6.09 Å². The molecule has 9 nitrogen and oxygen atoms in total. The van der Waals surface area contributed by atoms with Crippen LogP contribution in [-0.2, 0) is 9.53 Å². The minimum Gasteiger partial charge on any atom is -0.442 e. The summed E-state index contributed by atoms with van der Waals surface area (Å²) in [5, 5.41) is 2.62. The molecule has 4 atom stereocenters. The second-order valence-electron chi connectivity index (χ2n) is 8.28. The normalized spacial score (nSPS) is 26.6. The van der Waals surface area contributed by atoms with Crippen molar-refractivity contribution in [3.05, 3.63) is 47.8 Å². The number of halogens is 1. The van der Waals surface area contributed by atoms with Crippen molar-refractivity contribution >= 4 is 23.6 Å². The van der Waals surface area contributed by atoms with Crippen LogP contribution in [-0.4, -0.2) is 65.1 Å². The lowest BCUT2D eigenvalue weighted by Crippen LogP contribution is -2.33. The lowest BCUT2D eigenvalue weighted by atomic mass is 10.0. The van der Waals surface area contributed by atoms with E-state index in [1.165, 1.54) is 24.2 Å². The Kier molecular flexibility index (Phi) is 4.64. The van der Waals surface area contributed by atoms with Gasteiger partial charge in [0, 0.05) is 26.2 Å². The number of aromatic nitrogens is 2. The number of carbonyl (C=O) groups excluding carboxylic acids is 3. The molecule has 10 heteroatoms. The van der Waals surface area contributed by atoms with E-state index < -0.39 is 12.2 Å². The van der Waals surface area contributed by atoms with Crippen molar-refractivity contribution in [2.24, 2.45) is 11.8 Å². The topological polar surface area (TPSA) is 108 Å². The van der Waals surface area contributed by atoms with Crippen molar-refractivity contribution in [3.8, 4) is 0 Å². The molecule has 1 aromatic carbocycles. The Hall–Kier alpha value is -3.43. The molecule has 1 saturated carbocycles. The fraction of sp³-hybridized carbons (Fsp3) is 0.429. The standard InChI is InChI=1S/C21H22FN5O4/c1-11(28)24-5-13-7-27(21(30)31-13)12-2-3-14(17(22)4-12)19-15-8-26(9-16(15)19)20(29)18-6-23-10-25-18/h2-4,6,10,13,15-16,19H,5,7-9H2,1H3,(H,23,25)(H,24,28)/t13-,15-,16+,19+/m0/s1. The van der Waals surface area contributed by atoms with Gasteiger partial charge in [-0.2, -0.15) is 0 Å². The Bertz CT molecular complexity index is 1030. The van der Waals surface area contributed by atoms with Gasteiger partial charge in [-0.25, -0.2) is 14.2 Å².